The number of rotatable bonds is 5. The number of benzene rings is 1. The lowest BCUT2D eigenvalue weighted by atomic mass is 10.1. The van der Waals surface area contributed by atoms with Crippen LogP contribution in [-0.2, 0) is 0 Å². The minimum atomic E-state index is -0.398. The summed E-state index contributed by atoms with van der Waals surface area (Å²) in [6.45, 7) is 2.94. The van der Waals surface area contributed by atoms with Gasteiger partial charge in [0.15, 0.2) is 0 Å². The van der Waals surface area contributed by atoms with Crippen LogP contribution in [0.25, 0.3) is 0 Å². The lowest BCUT2D eigenvalue weighted by molar-refractivity contribution is 0.591. The molecule has 5 heteroatoms. The molecule has 0 aliphatic heterocycles. The number of thiophene rings is 1. The second kappa shape index (κ2) is 6.71. The molecule has 1 N–H and O–H groups in total. The molecule has 1 aromatic carbocycles. The van der Waals surface area contributed by atoms with Crippen LogP contribution in [0.4, 0.5) is 4.39 Å². The summed E-state index contributed by atoms with van der Waals surface area (Å²) in [6, 6.07) is 8.67. The van der Waals surface area contributed by atoms with Gasteiger partial charge >= 0.3 is 0 Å². The molecule has 1 nitrogen and oxygen atoms in total. The molecular formula is C14H14Cl2FNS. The van der Waals surface area contributed by atoms with E-state index in [2.05, 4.69) is 12.2 Å². The summed E-state index contributed by atoms with van der Waals surface area (Å²) in [5, 5.41) is 3.54. The van der Waals surface area contributed by atoms with Crippen molar-refractivity contribution in [1.29, 1.82) is 0 Å². The molecule has 0 amide bonds. The van der Waals surface area contributed by atoms with Crippen LogP contribution in [0, 0.1) is 5.82 Å². The van der Waals surface area contributed by atoms with Crippen LogP contribution in [0.2, 0.25) is 9.36 Å². The molecular weight excluding hydrogens is 304 g/mol. The summed E-state index contributed by atoms with van der Waals surface area (Å²) in [4.78, 5) is 1.07. The van der Waals surface area contributed by atoms with Crippen molar-refractivity contribution in [1.82, 2.24) is 5.32 Å². The third kappa shape index (κ3) is 3.69. The molecule has 0 bridgehead atoms. The monoisotopic (exact) mass is 317 g/mol. The van der Waals surface area contributed by atoms with E-state index in [9.17, 15) is 4.39 Å². The van der Waals surface area contributed by atoms with E-state index in [1.807, 2.05) is 18.2 Å². The van der Waals surface area contributed by atoms with Crippen molar-refractivity contribution < 1.29 is 4.39 Å². The highest BCUT2D eigenvalue weighted by Crippen LogP contribution is 2.32. The van der Waals surface area contributed by atoms with Crippen molar-refractivity contribution in [2.75, 3.05) is 6.54 Å². The highest BCUT2D eigenvalue weighted by atomic mass is 35.5. The zero-order valence-corrected chi connectivity index (χ0v) is 12.7. The van der Waals surface area contributed by atoms with Gasteiger partial charge in [-0.25, -0.2) is 4.39 Å². The Morgan fingerprint density at radius 2 is 2.05 bits per heavy atom. The zero-order chi connectivity index (χ0) is 13.8. The van der Waals surface area contributed by atoms with Gasteiger partial charge in [0.05, 0.1) is 15.4 Å². The molecule has 2 aromatic rings. The Bertz CT molecular complexity index is 556. The smallest absolute Gasteiger partial charge is 0.142 e. The summed E-state index contributed by atoms with van der Waals surface area (Å²) in [5.41, 5.74) is 0.855. The molecule has 19 heavy (non-hydrogen) atoms. The van der Waals surface area contributed by atoms with Gasteiger partial charge in [-0.3, -0.25) is 0 Å². The van der Waals surface area contributed by atoms with Gasteiger partial charge in [0.2, 0.25) is 0 Å². The lowest BCUT2D eigenvalue weighted by Gasteiger charge is -2.18. The van der Waals surface area contributed by atoms with Gasteiger partial charge in [0, 0.05) is 4.88 Å². The number of halogens is 3. The van der Waals surface area contributed by atoms with Crippen LogP contribution in [0.15, 0.2) is 30.3 Å². The molecule has 0 radical (unpaired) electrons. The lowest BCUT2D eigenvalue weighted by Crippen LogP contribution is -2.22. The van der Waals surface area contributed by atoms with E-state index in [0.29, 0.717) is 0 Å². The molecule has 0 fully saturated rings. The highest BCUT2D eigenvalue weighted by molar-refractivity contribution is 7.16. The van der Waals surface area contributed by atoms with Crippen LogP contribution >= 0.6 is 34.5 Å². The van der Waals surface area contributed by atoms with Crippen molar-refractivity contribution >= 4 is 34.5 Å². The first kappa shape index (κ1) is 14.8. The van der Waals surface area contributed by atoms with Crippen molar-refractivity contribution in [2.45, 2.75) is 19.4 Å². The van der Waals surface area contributed by atoms with E-state index < -0.39 is 5.82 Å². The molecule has 0 saturated heterocycles. The standard InChI is InChI=1S/C14H14Cl2FNS/c1-2-7-18-14(12-5-6-13(16)19-12)9-3-4-10(15)11(17)8-9/h3-6,8,14,18H,2,7H2,1H3. The molecule has 0 aliphatic rings. The molecule has 2 rings (SSSR count). The fourth-order valence-electron chi connectivity index (χ4n) is 1.85. The second-order valence-corrected chi connectivity index (χ2v) is 6.36. The second-order valence-electron chi connectivity index (χ2n) is 4.20. The normalized spacial score (nSPS) is 12.6. The van der Waals surface area contributed by atoms with Gasteiger partial charge < -0.3 is 5.32 Å². The number of hydrogen-bond acceptors (Lipinski definition) is 2. The maximum Gasteiger partial charge on any atom is 0.142 e. The van der Waals surface area contributed by atoms with Gasteiger partial charge in [-0.05, 0) is 42.8 Å². The fraction of sp³-hybridized carbons (Fsp3) is 0.286. The molecule has 0 saturated carbocycles. The maximum atomic E-state index is 13.6. The van der Waals surface area contributed by atoms with E-state index >= 15 is 0 Å². The summed E-state index contributed by atoms with van der Waals surface area (Å²) in [6.07, 6.45) is 1.01. The Labute approximate surface area is 126 Å². The Kier molecular flexibility index (Phi) is 5.22. The molecule has 1 aromatic heterocycles. The zero-order valence-electron chi connectivity index (χ0n) is 10.4. The highest BCUT2D eigenvalue weighted by Gasteiger charge is 2.16. The van der Waals surface area contributed by atoms with Gasteiger partial charge in [-0.15, -0.1) is 11.3 Å². The minimum absolute atomic E-state index is 0.0517. The summed E-state index contributed by atoms with van der Waals surface area (Å²) < 4.78 is 14.3. The van der Waals surface area contributed by atoms with E-state index in [1.165, 1.54) is 17.4 Å². The quantitative estimate of drug-likeness (QED) is 0.790. The SMILES string of the molecule is CCCNC(c1ccc(Cl)c(F)c1)c1ccc(Cl)s1. The molecule has 1 atom stereocenters. The van der Waals surface area contributed by atoms with E-state index in [1.54, 1.807) is 6.07 Å². The van der Waals surface area contributed by atoms with E-state index in [0.717, 1.165) is 27.7 Å². The van der Waals surface area contributed by atoms with Crippen molar-refractivity contribution in [3.8, 4) is 0 Å². The first-order chi connectivity index (χ1) is 9.11. The summed E-state index contributed by atoms with van der Waals surface area (Å²) >= 11 is 13.2. The Morgan fingerprint density at radius 1 is 1.26 bits per heavy atom. The van der Waals surface area contributed by atoms with Gasteiger partial charge in [-0.1, -0.05) is 36.2 Å². The predicted octanol–water partition coefficient (Wildman–Crippen LogP) is 5.28. The third-order valence-electron chi connectivity index (χ3n) is 2.75. The number of nitrogens with one attached hydrogen (secondary N) is 1. The summed E-state index contributed by atoms with van der Waals surface area (Å²) in [5.74, 6) is -0.398. The number of hydrogen-bond donors (Lipinski definition) is 1. The van der Waals surface area contributed by atoms with Crippen LogP contribution in [-0.4, -0.2) is 6.54 Å². The average molecular weight is 318 g/mol. The Balaban J connectivity index is 2.33. The molecule has 1 unspecified atom stereocenters. The molecule has 0 aliphatic carbocycles. The van der Waals surface area contributed by atoms with Gasteiger partial charge in [-0.2, -0.15) is 0 Å². The average Bonchev–Trinajstić information content (AvgIpc) is 2.80. The Morgan fingerprint density at radius 3 is 2.63 bits per heavy atom. The Hall–Kier alpha value is -0.610. The summed E-state index contributed by atoms with van der Waals surface area (Å²) in [7, 11) is 0. The largest absolute Gasteiger partial charge is 0.306 e. The van der Waals surface area contributed by atoms with Crippen LogP contribution < -0.4 is 5.32 Å². The maximum absolute atomic E-state index is 13.6. The topological polar surface area (TPSA) is 12.0 Å². The third-order valence-corrected chi connectivity index (χ3v) is 4.36. The first-order valence-corrected chi connectivity index (χ1v) is 7.62. The van der Waals surface area contributed by atoms with E-state index in [-0.39, 0.29) is 11.1 Å². The van der Waals surface area contributed by atoms with Gasteiger partial charge in [0.25, 0.3) is 0 Å². The fourth-order valence-corrected chi connectivity index (χ4v) is 3.13. The van der Waals surface area contributed by atoms with Crippen LogP contribution in [0.3, 0.4) is 0 Å². The van der Waals surface area contributed by atoms with Crippen LogP contribution in [0.1, 0.15) is 29.8 Å². The van der Waals surface area contributed by atoms with Gasteiger partial charge in [0.1, 0.15) is 5.82 Å². The van der Waals surface area contributed by atoms with E-state index in [4.69, 9.17) is 23.2 Å². The minimum Gasteiger partial charge on any atom is -0.306 e. The van der Waals surface area contributed by atoms with Crippen molar-refractivity contribution in [3.05, 3.63) is 55.9 Å². The van der Waals surface area contributed by atoms with Crippen molar-refractivity contribution in [2.24, 2.45) is 0 Å². The van der Waals surface area contributed by atoms with Crippen LogP contribution in [0.5, 0.6) is 0 Å². The van der Waals surface area contributed by atoms with Crippen molar-refractivity contribution in [3.63, 3.8) is 0 Å². The predicted molar refractivity (Wildman–Crippen MR) is 80.9 cm³/mol. The molecule has 1 heterocycles. The molecule has 102 valence electrons. The first-order valence-electron chi connectivity index (χ1n) is 6.05. The molecule has 0 spiro atoms.